The molecule has 1 aromatic rings. The molecule has 0 spiro atoms. The number of benzene rings is 1. The van der Waals surface area contributed by atoms with E-state index in [4.69, 9.17) is 14.3 Å². The van der Waals surface area contributed by atoms with Crippen LogP contribution in [0.3, 0.4) is 0 Å². The average molecular weight is 305 g/mol. The number of hydrogen-bond donors (Lipinski definition) is 0. The third kappa shape index (κ3) is 2.38. The predicted octanol–water partition coefficient (Wildman–Crippen LogP) is 0.792. The van der Waals surface area contributed by atoms with Crippen LogP contribution in [0.2, 0.25) is 0 Å². The molecule has 7 heteroatoms. The van der Waals surface area contributed by atoms with E-state index in [9.17, 15) is 14.4 Å². The predicted molar refractivity (Wildman–Crippen MR) is 72.8 cm³/mol. The lowest BCUT2D eigenvalue weighted by Crippen LogP contribution is -2.40. The Kier molecular flexibility index (Phi) is 3.91. The molecule has 1 aromatic carbocycles. The van der Waals surface area contributed by atoms with Crippen LogP contribution in [0.1, 0.15) is 27.1 Å². The number of nitrogens with zero attached hydrogens (tertiary/aromatic N) is 1. The van der Waals surface area contributed by atoms with Crippen LogP contribution in [0, 0.1) is 5.92 Å². The number of methoxy groups -OCH3 is 1. The monoisotopic (exact) mass is 305 g/mol. The number of ether oxygens (including phenoxy) is 2. The Bertz CT molecular complexity index is 587. The van der Waals surface area contributed by atoms with Gasteiger partial charge in [-0.25, -0.2) is 4.79 Å². The first kappa shape index (κ1) is 14.7. The van der Waals surface area contributed by atoms with E-state index in [0.717, 1.165) is 0 Å². The van der Waals surface area contributed by atoms with Gasteiger partial charge < -0.3 is 14.3 Å². The minimum atomic E-state index is -0.869. The minimum absolute atomic E-state index is 0.146. The Balaban J connectivity index is 1.74. The molecule has 116 valence electrons. The Hall–Kier alpha value is -2.25. The maximum atomic E-state index is 12.2. The summed E-state index contributed by atoms with van der Waals surface area (Å²) in [6.45, 7) is 0.931. The molecule has 2 aliphatic rings. The zero-order valence-corrected chi connectivity index (χ0v) is 12.0. The molecule has 0 bridgehead atoms. The minimum Gasteiger partial charge on any atom is -0.381 e. The molecule has 1 saturated heterocycles. The number of imide groups is 1. The van der Waals surface area contributed by atoms with Gasteiger partial charge in [0.2, 0.25) is 0 Å². The Morgan fingerprint density at radius 2 is 1.91 bits per heavy atom. The van der Waals surface area contributed by atoms with Crippen LogP contribution < -0.4 is 0 Å². The maximum Gasteiger partial charge on any atom is 0.362 e. The van der Waals surface area contributed by atoms with Crippen molar-refractivity contribution in [2.24, 2.45) is 5.92 Å². The third-order valence-corrected chi connectivity index (χ3v) is 3.82. The fourth-order valence-electron chi connectivity index (χ4n) is 2.66. The second-order valence-corrected chi connectivity index (χ2v) is 5.14. The first-order chi connectivity index (χ1) is 10.6. The van der Waals surface area contributed by atoms with Gasteiger partial charge in [-0.05, 0) is 18.6 Å². The fraction of sp³-hybridized carbons (Fsp3) is 0.400. The van der Waals surface area contributed by atoms with Crippen LogP contribution in [-0.4, -0.2) is 49.3 Å². The molecule has 2 atom stereocenters. The SMILES string of the molecule is COC(C(=O)ON1C(=O)c2ccccc2C1=O)C1CCOC1. The summed E-state index contributed by atoms with van der Waals surface area (Å²) in [6, 6.07) is 6.32. The lowest BCUT2D eigenvalue weighted by atomic mass is 10.0. The lowest BCUT2D eigenvalue weighted by Gasteiger charge is -2.21. The van der Waals surface area contributed by atoms with Gasteiger partial charge in [0.05, 0.1) is 17.7 Å². The molecule has 2 heterocycles. The zero-order valence-electron chi connectivity index (χ0n) is 12.0. The van der Waals surface area contributed by atoms with E-state index in [1.807, 2.05) is 0 Å². The van der Waals surface area contributed by atoms with Gasteiger partial charge in [0.15, 0.2) is 6.10 Å². The van der Waals surface area contributed by atoms with E-state index >= 15 is 0 Å². The molecule has 2 aliphatic heterocycles. The topological polar surface area (TPSA) is 82.1 Å². The average Bonchev–Trinajstić information content (AvgIpc) is 3.12. The summed E-state index contributed by atoms with van der Waals surface area (Å²) in [5.41, 5.74) is 0.442. The van der Waals surface area contributed by atoms with Gasteiger partial charge in [0, 0.05) is 19.6 Å². The van der Waals surface area contributed by atoms with E-state index in [0.29, 0.717) is 24.7 Å². The number of amides is 2. The lowest BCUT2D eigenvalue weighted by molar-refractivity contribution is -0.183. The van der Waals surface area contributed by atoms with Gasteiger partial charge in [-0.15, -0.1) is 0 Å². The summed E-state index contributed by atoms with van der Waals surface area (Å²) in [7, 11) is 1.38. The second-order valence-electron chi connectivity index (χ2n) is 5.14. The second kappa shape index (κ2) is 5.86. The highest BCUT2D eigenvalue weighted by molar-refractivity contribution is 6.20. The number of fused-ring (bicyclic) bond motifs is 1. The van der Waals surface area contributed by atoms with E-state index in [-0.39, 0.29) is 17.0 Å². The third-order valence-electron chi connectivity index (χ3n) is 3.82. The molecule has 0 radical (unpaired) electrons. The summed E-state index contributed by atoms with van der Waals surface area (Å²) in [5.74, 6) is -2.21. The first-order valence-electron chi connectivity index (χ1n) is 6.93. The van der Waals surface area contributed by atoms with Gasteiger partial charge in [-0.2, -0.15) is 0 Å². The highest BCUT2D eigenvalue weighted by atomic mass is 16.7. The van der Waals surface area contributed by atoms with Crippen molar-refractivity contribution in [1.29, 1.82) is 0 Å². The van der Waals surface area contributed by atoms with Crippen molar-refractivity contribution in [3.8, 4) is 0 Å². The zero-order chi connectivity index (χ0) is 15.7. The van der Waals surface area contributed by atoms with E-state index in [2.05, 4.69) is 0 Å². The van der Waals surface area contributed by atoms with Crippen LogP contribution in [0.25, 0.3) is 0 Å². The smallest absolute Gasteiger partial charge is 0.362 e. The van der Waals surface area contributed by atoms with E-state index in [1.165, 1.54) is 19.2 Å². The normalized spacial score (nSPS) is 21.9. The molecule has 0 aliphatic carbocycles. The summed E-state index contributed by atoms with van der Waals surface area (Å²) in [4.78, 5) is 41.5. The van der Waals surface area contributed by atoms with Crippen molar-refractivity contribution >= 4 is 17.8 Å². The molecule has 7 nitrogen and oxygen atoms in total. The molecular formula is C15H15NO6. The Morgan fingerprint density at radius 1 is 1.27 bits per heavy atom. The molecule has 0 saturated carbocycles. The van der Waals surface area contributed by atoms with Gasteiger partial charge in [-0.3, -0.25) is 9.59 Å². The highest BCUT2D eigenvalue weighted by Gasteiger charge is 2.41. The standard InChI is InChI=1S/C15H15NO6/c1-20-12(9-6-7-21-8-9)15(19)22-16-13(17)10-4-2-3-5-11(10)14(16)18/h2-5,9,12H,6-8H2,1H3. The van der Waals surface area contributed by atoms with Gasteiger partial charge in [0.1, 0.15) is 0 Å². The number of carbonyl (C=O) groups is 3. The number of carbonyl (C=O) groups excluding carboxylic acids is 3. The molecular weight excluding hydrogens is 290 g/mol. The highest BCUT2D eigenvalue weighted by Crippen LogP contribution is 2.25. The van der Waals surface area contributed by atoms with Crippen molar-refractivity contribution < 1.29 is 28.7 Å². The Labute approximate surface area is 126 Å². The number of hydroxylamine groups is 2. The molecule has 1 fully saturated rings. The molecule has 0 N–H and O–H groups in total. The summed E-state index contributed by atoms with van der Waals surface area (Å²) in [6.07, 6.45) is -0.206. The van der Waals surface area contributed by atoms with E-state index < -0.39 is 23.9 Å². The van der Waals surface area contributed by atoms with Crippen molar-refractivity contribution in [3.05, 3.63) is 35.4 Å². The molecule has 22 heavy (non-hydrogen) atoms. The summed E-state index contributed by atoms with van der Waals surface area (Å²) in [5, 5.41) is 0.495. The quantitative estimate of drug-likeness (QED) is 0.765. The summed E-state index contributed by atoms with van der Waals surface area (Å²) >= 11 is 0. The molecule has 2 unspecified atom stereocenters. The number of hydrogen-bond acceptors (Lipinski definition) is 6. The summed E-state index contributed by atoms with van der Waals surface area (Å²) < 4.78 is 10.4. The van der Waals surface area contributed by atoms with Crippen LogP contribution in [0.5, 0.6) is 0 Å². The van der Waals surface area contributed by atoms with Crippen molar-refractivity contribution in [2.75, 3.05) is 20.3 Å². The fourth-order valence-corrected chi connectivity index (χ4v) is 2.66. The van der Waals surface area contributed by atoms with Crippen LogP contribution in [-0.2, 0) is 19.1 Å². The van der Waals surface area contributed by atoms with Gasteiger partial charge in [-0.1, -0.05) is 17.2 Å². The van der Waals surface area contributed by atoms with E-state index in [1.54, 1.807) is 12.1 Å². The molecule has 3 rings (SSSR count). The van der Waals surface area contributed by atoms with Crippen LogP contribution >= 0.6 is 0 Å². The van der Waals surface area contributed by atoms with Crippen LogP contribution in [0.4, 0.5) is 0 Å². The van der Waals surface area contributed by atoms with Gasteiger partial charge in [0.25, 0.3) is 11.8 Å². The van der Waals surface area contributed by atoms with Crippen molar-refractivity contribution in [2.45, 2.75) is 12.5 Å². The van der Waals surface area contributed by atoms with Crippen molar-refractivity contribution in [1.82, 2.24) is 5.06 Å². The van der Waals surface area contributed by atoms with Crippen molar-refractivity contribution in [3.63, 3.8) is 0 Å². The largest absolute Gasteiger partial charge is 0.381 e. The maximum absolute atomic E-state index is 12.2. The number of rotatable bonds is 4. The Morgan fingerprint density at radius 3 is 2.41 bits per heavy atom. The molecule has 0 aromatic heterocycles. The first-order valence-corrected chi connectivity index (χ1v) is 6.93. The van der Waals surface area contributed by atoms with Crippen LogP contribution in [0.15, 0.2) is 24.3 Å². The van der Waals surface area contributed by atoms with Gasteiger partial charge >= 0.3 is 5.97 Å². The molecule has 2 amide bonds.